The molecule has 0 spiro atoms. The Hall–Kier alpha value is -3.23. The van der Waals surface area contributed by atoms with Crippen LogP contribution in [-0.2, 0) is 0 Å². The Morgan fingerprint density at radius 2 is 1.96 bits per heavy atom. The zero-order valence-corrected chi connectivity index (χ0v) is 12.7. The Labute approximate surface area is 136 Å². The van der Waals surface area contributed by atoms with Gasteiger partial charge in [0.1, 0.15) is 0 Å². The van der Waals surface area contributed by atoms with Gasteiger partial charge in [-0.1, -0.05) is 0 Å². The van der Waals surface area contributed by atoms with Gasteiger partial charge in [-0.25, -0.2) is 4.98 Å². The van der Waals surface area contributed by atoms with Gasteiger partial charge in [-0.3, -0.25) is 19.7 Å². The van der Waals surface area contributed by atoms with E-state index in [4.69, 9.17) is 0 Å². The molecule has 24 heavy (non-hydrogen) atoms. The first kappa shape index (κ1) is 15.7. The highest BCUT2D eigenvalue weighted by Crippen LogP contribution is 2.25. The molecule has 1 fully saturated rings. The molecule has 0 radical (unpaired) electrons. The van der Waals surface area contributed by atoms with Crippen molar-refractivity contribution in [2.45, 2.75) is 0 Å². The van der Waals surface area contributed by atoms with Gasteiger partial charge in [-0.15, -0.1) is 0 Å². The fraction of sp³-hybridized carbons (Fsp3) is 0.267. The molecule has 2 aromatic rings. The number of nitrogens with zero attached hydrogens (tertiary/aromatic N) is 4. The Bertz CT molecular complexity index is 806. The molecule has 0 saturated carbocycles. The molecule has 0 atom stereocenters. The summed E-state index contributed by atoms with van der Waals surface area (Å²) in [5.74, 6) is 0.139. The predicted molar refractivity (Wildman–Crippen MR) is 86.1 cm³/mol. The number of rotatable bonds is 3. The van der Waals surface area contributed by atoms with Crippen molar-refractivity contribution >= 4 is 17.4 Å². The van der Waals surface area contributed by atoms with Gasteiger partial charge < -0.3 is 14.8 Å². The first-order valence-electron chi connectivity index (χ1n) is 7.38. The Balaban J connectivity index is 1.70. The highest BCUT2D eigenvalue weighted by atomic mass is 16.6. The summed E-state index contributed by atoms with van der Waals surface area (Å²) in [5.41, 5.74) is 0.101. The smallest absolute Gasteiger partial charge is 0.311 e. The fourth-order valence-electron chi connectivity index (χ4n) is 2.62. The van der Waals surface area contributed by atoms with Crippen molar-refractivity contribution in [1.82, 2.24) is 14.9 Å². The van der Waals surface area contributed by atoms with Crippen LogP contribution in [0.5, 0.6) is 0 Å². The monoisotopic (exact) mass is 329 g/mol. The lowest BCUT2D eigenvalue weighted by atomic mass is 10.2. The summed E-state index contributed by atoms with van der Waals surface area (Å²) in [4.78, 5) is 44.1. The fourth-order valence-corrected chi connectivity index (χ4v) is 2.62. The molecule has 3 rings (SSSR count). The van der Waals surface area contributed by atoms with E-state index in [-0.39, 0.29) is 17.2 Å². The summed E-state index contributed by atoms with van der Waals surface area (Å²) < 4.78 is 0. The minimum Gasteiger partial charge on any atom is -0.347 e. The summed E-state index contributed by atoms with van der Waals surface area (Å²) in [7, 11) is 0. The molecule has 2 aromatic heterocycles. The molecule has 1 N–H and O–H groups in total. The Morgan fingerprint density at radius 1 is 1.21 bits per heavy atom. The van der Waals surface area contributed by atoms with Crippen LogP contribution in [0.2, 0.25) is 0 Å². The molecule has 9 heteroatoms. The van der Waals surface area contributed by atoms with E-state index in [2.05, 4.69) is 9.97 Å². The third-order valence-electron chi connectivity index (χ3n) is 3.86. The lowest BCUT2D eigenvalue weighted by molar-refractivity contribution is -0.384. The lowest BCUT2D eigenvalue weighted by Gasteiger charge is -2.35. The van der Waals surface area contributed by atoms with Gasteiger partial charge >= 0.3 is 5.69 Å². The van der Waals surface area contributed by atoms with Crippen molar-refractivity contribution in [2.24, 2.45) is 0 Å². The van der Waals surface area contributed by atoms with Crippen LogP contribution in [0.4, 0.5) is 11.5 Å². The van der Waals surface area contributed by atoms with Crippen LogP contribution in [0.3, 0.4) is 0 Å². The van der Waals surface area contributed by atoms with E-state index in [1.807, 2.05) is 0 Å². The Morgan fingerprint density at radius 3 is 2.58 bits per heavy atom. The molecule has 3 heterocycles. The van der Waals surface area contributed by atoms with Crippen LogP contribution in [0.1, 0.15) is 10.4 Å². The second-order valence-corrected chi connectivity index (χ2v) is 5.32. The molecule has 0 unspecified atom stereocenters. The maximum atomic E-state index is 12.4. The minimum atomic E-state index is -0.458. The normalized spacial score (nSPS) is 14.5. The van der Waals surface area contributed by atoms with E-state index < -0.39 is 4.92 Å². The number of nitro groups is 1. The molecule has 124 valence electrons. The second-order valence-electron chi connectivity index (χ2n) is 5.32. The predicted octanol–water partition coefficient (Wildman–Crippen LogP) is 0.640. The molecule has 0 bridgehead atoms. The summed E-state index contributed by atoms with van der Waals surface area (Å²) >= 11 is 0. The summed E-state index contributed by atoms with van der Waals surface area (Å²) in [6.07, 6.45) is 2.90. The molecule has 0 aromatic carbocycles. The van der Waals surface area contributed by atoms with Crippen molar-refractivity contribution in [2.75, 3.05) is 31.1 Å². The largest absolute Gasteiger partial charge is 0.347 e. The van der Waals surface area contributed by atoms with Gasteiger partial charge in [0.25, 0.3) is 5.91 Å². The Kier molecular flexibility index (Phi) is 4.23. The van der Waals surface area contributed by atoms with Gasteiger partial charge in [0, 0.05) is 50.7 Å². The molecule has 9 nitrogen and oxygen atoms in total. The minimum absolute atomic E-state index is 0.0436. The van der Waals surface area contributed by atoms with Crippen LogP contribution < -0.4 is 10.5 Å². The molecule has 1 aliphatic rings. The number of anilines is 1. The van der Waals surface area contributed by atoms with Crippen LogP contribution in [-0.4, -0.2) is 51.9 Å². The van der Waals surface area contributed by atoms with Crippen molar-refractivity contribution < 1.29 is 9.72 Å². The van der Waals surface area contributed by atoms with Gasteiger partial charge in [0.15, 0.2) is 0 Å². The van der Waals surface area contributed by atoms with E-state index in [9.17, 15) is 19.7 Å². The van der Waals surface area contributed by atoms with E-state index in [0.29, 0.717) is 37.6 Å². The summed E-state index contributed by atoms with van der Waals surface area (Å²) in [6.45, 7) is 1.75. The molecule has 1 saturated heterocycles. The molecular weight excluding hydrogens is 314 g/mol. The van der Waals surface area contributed by atoms with Crippen molar-refractivity contribution in [3.8, 4) is 0 Å². The number of hydrogen-bond donors (Lipinski definition) is 1. The number of hydrogen-bond acceptors (Lipinski definition) is 6. The van der Waals surface area contributed by atoms with E-state index in [1.54, 1.807) is 9.80 Å². The highest BCUT2D eigenvalue weighted by molar-refractivity contribution is 5.94. The standard InChI is InChI=1S/C15H15N5O4/c21-13-4-3-11(10-17-13)15(22)19-8-6-18(7-9-19)14-12(20(23)24)2-1-5-16-14/h1-5,10H,6-9H2,(H,17,21). The third kappa shape index (κ3) is 3.09. The third-order valence-corrected chi connectivity index (χ3v) is 3.86. The number of nitrogens with one attached hydrogen (secondary N) is 1. The number of aromatic nitrogens is 2. The average molecular weight is 329 g/mol. The van der Waals surface area contributed by atoms with Crippen LogP contribution in [0.15, 0.2) is 41.5 Å². The van der Waals surface area contributed by atoms with Crippen molar-refractivity contribution in [3.05, 3.63) is 62.7 Å². The number of H-pyrrole nitrogens is 1. The number of amides is 1. The SMILES string of the molecule is O=C(c1ccc(=O)[nH]c1)N1CCN(c2ncccc2[N+](=O)[O-])CC1. The van der Waals surface area contributed by atoms with Crippen LogP contribution in [0.25, 0.3) is 0 Å². The van der Waals surface area contributed by atoms with E-state index >= 15 is 0 Å². The highest BCUT2D eigenvalue weighted by Gasteiger charge is 2.27. The van der Waals surface area contributed by atoms with Gasteiger partial charge in [-0.2, -0.15) is 0 Å². The van der Waals surface area contributed by atoms with Gasteiger partial charge in [-0.05, 0) is 12.1 Å². The van der Waals surface area contributed by atoms with Gasteiger partial charge in [0.2, 0.25) is 11.4 Å². The number of piperazine rings is 1. The van der Waals surface area contributed by atoms with E-state index in [1.165, 1.54) is 36.7 Å². The molecule has 1 aliphatic heterocycles. The van der Waals surface area contributed by atoms with Crippen LogP contribution >= 0.6 is 0 Å². The van der Waals surface area contributed by atoms with E-state index in [0.717, 1.165) is 0 Å². The molecule has 1 amide bonds. The average Bonchev–Trinajstić information content (AvgIpc) is 2.62. The molecule has 0 aliphatic carbocycles. The zero-order chi connectivity index (χ0) is 17.1. The van der Waals surface area contributed by atoms with Crippen LogP contribution in [0, 0.1) is 10.1 Å². The topological polar surface area (TPSA) is 112 Å². The summed E-state index contributed by atoms with van der Waals surface area (Å²) in [6, 6.07) is 5.73. The summed E-state index contributed by atoms with van der Waals surface area (Å²) in [5, 5.41) is 11.1. The number of aromatic amines is 1. The van der Waals surface area contributed by atoms with Gasteiger partial charge in [0.05, 0.1) is 10.5 Å². The van der Waals surface area contributed by atoms with Crippen molar-refractivity contribution in [3.63, 3.8) is 0 Å². The molecular formula is C15H15N5O4. The maximum absolute atomic E-state index is 12.4. The lowest BCUT2D eigenvalue weighted by Crippen LogP contribution is -2.49. The van der Waals surface area contributed by atoms with Crippen molar-refractivity contribution in [1.29, 1.82) is 0 Å². The zero-order valence-electron chi connectivity index (χ0n) is 12.7. The quantitative estimate of drug-likeness (QED) is 0.653. The number of carbonyl (C=O) groups is 1. The second kappa shape index (κ2) is 6.49. The number of pyridine rings is 2. The first-order valence-corrected chi connectivity index (χ1v) is 7.38. The first-order chi connectivity index (χ1) is 11.6. The number of carbonyl (C=O) groups excluding carboxylic acids is 1. The maximum Gasteiger partial charge on any atom is 0.311 e.